The largest absolute Gasteiger partial charge is 0.462 e. The summed E-state index contributed by atoms with van der Waals surface area (Å²) < 4.78 is 12.1. The normalized spacial score (nSPS) is 26.5. The smallest absolute Gasteiger partial charge is 0.306 e. The molecule has 2 aliphatic carbocycles. The summed E-state index contributed by atoms with van der Waals surface area (Å²) in [7, 11) is 0. The predicted molar refractivity (Wildman–Crippen MR) is 189 cm³/mol. The quantitative estimate of drug-likeness (QED) is 0.147. The molecule has 6 heteroatoms. The Balaban J connectivity index is 1.07. The van der Waals surface area contributed by atoms with Crippen molar-refractivity contribution in [2.75, 3.05) is 0 Å². The fourth-order valence-electron chi connectivity index (χ4n) is 11.0. The van der Waals surface area contributed by atoms with Crippen molar-refractivity contribution in [2.45, 2.75) is 243 Å². The first-order valence-electron chi connectivity index (χ1n) is 19.6. The number of carbonyl (C=O) groups is 2. The maximum absolute atomic E-state index is 12.8. The molecule has 0 spiro atoms. The van der Waals surface area contributed by atoms with E-state index < -0.39 is 0 Å². The van der Waals surface area contributed by atoms with Gasteiger partial charge >= 0.3 is 11.9 Å². The molecule has 2 saturated carbocycles. The lowest BCUT2D eigenvalue weighted by atomic mass is 9.75. The van der Waals surface area contributed by atoms with Crippen LogP contribution in [0.4, 0.5) is 0 Å². The first-order chi connectivity index (χ1) is 21.6. The molecule has 4 rings (SSSR count). The Kier molecular flexibility index (Phi) is 13.1. The van der Waals surface area contributed by atoms with E-state index in [2.05, 4.69) is 65.2 Å². The summed E-state index contributed by atoms with van der Waals surface area (Å²) >= 11 is 0. The summed E-state index contributed by atoms with van der Waals surface area (Å²) in [6, 6.07) is 1.32. The molecule has 0 N–H and O–H groups in total. The van der Waals surface area contributed by atoms with Crippen LogP contribution in [0.1, 0.15) is 197 Å². The highest BCUT2D eigenvalue weighted by molar-refractivity contribution is 5.70. The minimum Gasteiger partial charge on any atom is -0.462 e. The Labute approximate surface area is 283 Å². The Morgan fingerprint density at radius 1 is 0.478 bits per heavy atom. The second-order valence-corrected chi connectivity index (χ2v) is 18.2. The van der Waals surface area contributed by atoms with Crippen molar-refractivity contribution in [3.63, 3.8) is 0 Å². The zero-order valence-electron chi connectivity index (χ0n) is 31.4. The van der Waals surface area contributed by atoms with Gasteiger partial charge in [0.15, 0.2) is 0 Å². The van der Waals surface area contributed by atoms with E-state index >= 15 is 0 Å². The summed E-state index contributed by atoms with van der Waals surface area (Å²) in [6.07, 6.45) is 24.2. The van der Waals surface area contributed by atoms with Crippen molar-refractivity contribution in [3.8, 4) is 0 Å². The number of unbranched alkanes of at least 4 members (excludes halogenated alkanes) is 5. The fraction of sp³-hybridized carbons (Fsp3) is 0.950. The van der Waals surface area contributed by atoms with E-state index in [9.17, 15) is 9.59 Å². The van der Waals surface area contributed by atoms with Crippen LogP contribution in [0, 0.1) is 0 Å². The molecule has 0 aromatic heterocycles. The molecule has 0 atom stereocenters. The maximum atomic E-state index is 12.8. The average molecular weight is 645 g/mol. The van der Waals surface area contributed by atoms with Gasteiger partial charge in [-0.25, -0.2) is 0 Å². The number of rotatable bonds is 13. The molecular weight excluding hydrogens is 572 g/mol. The van der Waals surface area contributed by atoms with E-state index in [1.54, 1.807) is 0 Å². The molecule has 2 saturated heterocycles. The van der Waals surface area contributed by atoms with E-state index in [0.29, 0.717) is 24.9 Å². The molecule has 0 unspecified atom stereocenters. The van der Waals surface area contributed by atoms with Crippen LogP contribution in [0.25, 0.3) is 0 Å². The number of ether oxygens (including phenoxy) is 2. The third-order valence-electron chi connectivity index (χ3n) is 12.0. The molecule has 0 amide bonds. The van der Waals surface area contributed by atoms with Gasteiger partial charge < -0.3 is 9.47 Å². The first-order valence-corrected chi connectivity index (χ1v) is 19.6. The number of esters is 2. The van der Waals surface area contributed by atoms with Crippen LogP contribution < -0.4 is 0 Å². The van der Waals surface area contributed by atoms with Gasteiger partial charge in [-0.05, 0) is 93.9 Å². The van der Waals surface area contributed by atoms with Crippen LogP contribution in [-0.4, -0.2) is 68.2 Å². The number of carbonyl (C=O) groups excluding carboxylic acids is 2. The van der Waals surface area contributed by atoms with Crippen molar-refractivity contribution < 1.29 is 19.1 Å². The zero-order chi connectivity index (χ0) is 33.6. The van der Waals surface area contributed by atoms with Gasteiger partial charge in [0.25, 0.3) is 0 Å². The van der Waals surface area contributed by atoms with Gasteiger partial charge in [-0.15, -0.1) is 0 Å². The van der Waals surface area contributed by atoms with Gasteiger partial charge in [-0.2, -0.15) is 0 Å². The van der Waals surface area contributed by atoms with E-state index in [1.165, 1.54) is 64.2 Å². The van der Waals surface area contributed by atoms with Gasteiger partial charge in [0, 0.05) is 72.8 Å². The molecule has 0 bridgehead atoms. The standard InChI is InChI=1S/C40H72N2O4/c1-37(2)27-33(28-38(3,4)41(37)31-21-15-13-16-22-31)45-35(43)25-19-11-9-10-12-20-26-36(44)46-34-29-39(5,6)42(40(7,8)30-34)32-23-17-14-18-24-32/h31-34H,9-30H2,1-8H3. The SMILES string of the molecule is CC1(C)CC(OC(=O)CCCCCCCCC(=O)OC2CC(C)(C)N(C3CCCCC3)C(C)(C)C2)CC(C)(C)N1C1CCCCC1. The van der Waals surface area contributed by atoms with Gasteiger partial charge in [-0.3, -0.25) is 19.4 Å². The lowest BCUT2D eigenvalue weighted by molar-refractivity contribution is -0.166. The van der Waals surface area contributed by atoms with Crippen LogP contribution in [-0.2, 0) is 19.1 Å². The summed E-state index contributed by atoms with van der Waals surface area (Å²) in [5, 5.41) is 0. The second kappa shape index (κ2) is 16.0. The Morgan fingerprint density at radius 2 is 0.761 bits per heavy atom. The van der Waals surface area contributed by atoms with E-state index in [4.69, 9.17) is 9.47 Å². The molecule has 6 nitrogen and oxygen atoms in total. The molecule has 46 heavy (non-hydrogen) atoms. The predicted octanol–water partition coefficient (Wildman–Crippen LogP) is 9.90. The molecule has 2 aliphatic heterocycles. The Bertz CT molecular complexity index is 862. The number of likely N-dealkylation sites (tertiary alicyclic amines) is 2. The lowest BCUT2D eigenvalue weighted by Gasteiger charge is -2.58. The molecule has 0 radical (unpaired) electrons. The van der Waals surface area contributed by atoms with E-state index in [1.807, 2.05) is 0 Å². The van der Waals surface area contributed by atoms with Crippen molar-refractivity contribution in [1.82, 2.24) is 9.80 Å². The molecule has 266 valence electrons. The summed E-state index contributed by atoms with van der Waals surface area (Å²) in [5.41, 5.74) is 0.168. The lowest BCUT2D eigenvalue weighted by Crippen LogP contribution is -2.65. The monoisotopic (exact) mass is 645 g/mol. The van der Waals surface area contributed by atoms with Crippen LogP contribution in [0.5, 0.6) is 0 Å². The van der Waals surface area contributed by atoms with Gasteiger partial charge in [0.2, 0.25) is 0 Å². The van der Waals surface area contributed by atoms with Crippen molar-refractivity contribution in [1.29, 1.82) is 0 Å². The average Bonchev–Trinajstić information content (AvgIpc) is 2.93. The first kappa shape index (κ1) is 37.7. The minimum absolute atomic E-state index is 0.0127. The number of piperidine rings is 2. The summed E-state index contributed by atoms with van der Waals surface area (Å²) in [5.74, 6) is -0.0530. The van der Waals surface area contributed by atoms with Gasteiger partial charge in [-0.1, -0.05) is 64.2 Å². The number of nitrogens with zero attached hydrogens (tertiary/aromatic N) is 2. The van der Waals surface area contributed by atoms with Crippen molar-refractivity contribution in [3.05, 3.63) is 0 Å². The zero-order valence-corrected chi connectivity index (χ0v) is 31.4. The highest BCUT2D eigenvalue weighted by Gasteiger charge is 2.50. The van der Waals surface area contributed by atoms with Gasteiger partial charge in [0.1, 0.15) is 12.2 Å². The van der Waals surface area contributed by atoms with Crippen LogP contribution in [0.2, 0.25) is 0 Å². The Morgan fingerprint density at radius 3 is 1.07 bits per heavy atom. The molecular formula is C40H72N2O4. The maximum Gasteiger partial charge on any atom is 0.306 e. The van der Waals surface area contributed by atoms with Crippen molar-refractivity contribution in [2.24, 2.45) is 0 Å². The molecule has 4 fully saturated rings. The third kappa shape index (κ3) is 10.2. The molecule has 0 aromatic rings. The third-order valence-corrected chi connectivity index (χ3v) is 12.0. The highest BCUT2D eigenvalue weighted by atomic mass is 16.5. The second-order valence-electron chi connectivity index (χ2n) is 18.2. The molecule has 2 heterocycles. The van der Waals surface area contributed by atoms with Crippen LogP contribution >= 0.6 is 0 Å². The van der Waals surface area contributed by atoms with Gasteiger partial charge in [0.05, 0.1) is 0 Å². The van der Waals surface area contributed by atoms with E-state index in [0.717, 1.165) is 64.2 Å². The Hall–Kier alpha value is -1.14. The van der Waals surface area contributed by atoms with Crippen LogP contribution in [0.3, 0.4) is 0 Å². The molecule has 4 aliphatic rings. The molecule has 0 aromatic carbocycles. The number of hydrogen-bond acceptors (Lipinski definition) is 6. The topological polar surface area (TPSA) is 59.1 Å². The van der Waals surface area contributed by atoms with E-state index in [-0.39, 0.29) is 46.3 Å². The van der Waals surface area contributed by atoms with Crippen LogP contribution in [0.15, 0.2) is 0 Å². The number of hydrogen-bond donors (Lipinski definition) is 0. The van der Waals surface area contributed by atoms with Crippen molar-refractivity contribution >= 4 is 11.9 Å². The highest BCUT2D eigenvalue weighted by Crippen LogP contribution is 2.45. The fourth-order valence-corrected chi connectivity index (χ4v) is 11.0. The summed E-state index contributed by atoms with van der Waals surface area (Å²) in [4.78, 5) is 31.1. The summed E-state index contributed by atoms with van der Waals surface area (Å²) in [6.45, 7) is 18.8. The minimum atomic E-state index is -0.0265.